The number of hydrogen-bond donors (Lipinski definition) is 3. The summed E-state index contributed by atoms with van der Waals surface area (Å²) < 4.78 is 13.7. The number of hydrogen-bond acceptors (Lipinski definition) is 11. The lowest BCUT2D eigenvalue weighted by Gasteiger charge is -2.02. The summed E-state index contributed by atoms with van der Waals surface area (Å²) in [6.45, 7) is 17.8. The molecule has 0 aromatic rings. The summed E-state index contributed by atoms with van der Waals surface area (Å²) in [6, 6.07) is 0. The third-order valence-corrected chi connectivity index (χ3v) is 1.99. The van der Waals surface area contributed by atoms with Gasteiger partial charge in [0.05, 0.1) is 32.5 Å². The van der Waals surface area contributed by atoms with Gasteiger partial charge in [0.25, 0.3) is 5.97 Å². The van der Waals surface area contributed by atoms with Gasteiger partial charge in [-0.05, 0) is 52.5 Å². The maximum Gasteiger partial charge on any atom is 0.305 e. The highest BCUT2D eigenvalue weighted by atomic mass is 32.2. The predicted molar refractivity (Wildman–Crippen MR) is 149 cm³/mol. The fourth-order valence-electron chi connectivity index (χ4n) is 0.925. The number of carbonyl (C=O) groups is 5. The summed E-state index contributed by atoms with van der Waals surface area (Å²) in [5.74, 6) is -0.884. The number of aldehydes is 1. The van der Waals surface area contributed by atoms with E-state index in [0.717, 1.165) is 19.6 Å². The molecule has 0 heterocycles. The molecule has 1 atom stereocenters. The predicted octanol–water partition coefficient (Wildman–Crippen LogP) is 3.76. The van der Waals surface area contributed by atoms with Crippen LogP contribution in [0.1, 0.15) is 82.1 Å². The normalized spacial score (nSPS) is 8.73. The number of ether oxygens (including phenoxy) is 3. The van der Waals surface area contributed by atoms with Crippen LogP contribution in [0.25, 0.3) is 0 Å². The van der Waals surface area contributed by atoms with Crippen molar-refractivity contribution >= 4 is 41.9 Å². The van der Waals surface area contributed by atoms with Crippen LogP contribution in [0.2, 0.25) is 0 Å². The Bertz CT molecular complexity index is 471. The van der Waals surface area contributed by atoms with Crippen LogP contribution >= 0.6 is 11.8 Å². The zero-order valence-corrected chi connectivity index (χ0v) is 25.8. The summed E-state index contributed by atoms with van der Waals surface area (Å²) in [5.41, 5.74) is 0. The molecule has 0 spiro atoms. The number of aliphatic hydroxyl groups is 2. The highest BCUT2D eigenvalue weighted by Crippen LogP contribution is 1.91. The molecule has 0 aliphatic heterocycles. The molecule has 0 amide bonds. The average molecular weight is 563 g/mol. The molecule has 0 aliphatic carbocycles. The van der Waals surface area contributed by atoms with E-state index in [4.69, 9.17) is 24.9 Å². The van der Waals surface area contributed by atoms with Crippen molar-refractivity contribution in [1.82, 2.24) is 0 Å². The second kappa shape index (κ2) is 50.6. The Morgan fingerprint density at radius 3 is 1.27 bits per heavy atom. The molecule has 0 saturated heterocycles. The van der Waals surface area contributed by atoms with Crippen molar-refractivity contribution in [2.45, 2.75) is 88.2 Å². The van der Waals surface area contributed by atoms with Crippen LogP contribution in [0, 0.1) is 5.92 Å². The molecule has 0 saturated carbocycles. The Morgan fingerprint density at radius 2 is 1.16 bits per heavy atom. The van der Waals surface area contributed by atoms with E-state index in [-0.39, 0.29) is 24.5 Å². The van der Waals surface area contributed by atoms with Gasteiger partial charge in [-0.2, -0.15) is 11.8 Å². The van der Waals surface area contributed by atoms with Gasteiger partial charge in [-0.15, -0.1) is 0 Å². The first-order valence-electron chi connectivity index (χ1n) is 11.7. The smallest absolute Gasteiger partial charge is 0.305 e. The Kier molecular flexibility index (Phi) is 70.4. The molecule has 1 unspecified atom stereocenters. The van der Waals surface area contributed by atoms with Crippen molar-refractivity contribution < 1.29 is 53.5 Å². The molecule has 37 heavy (non-hydrogen) atoms. The molecule has 0 aliphatic rings. The van der Waals surface area contributed by atoms with E-state index >= 15 is 0 Å². The van der Waals surface area contributed by atoms with E-state index in [1.165, 1.54) is 27.7 Å². The van der Waals surface area contributed by atoms with Crippen molar-refractivity contribution in [3.8, 4) is 0 Å². The first kappa shape index (κ1) is 51.5. The van der Waals surface area contributed by atoms with Gasteiger partial charge in [-0.3, -0.25) is 19.2 Å². The third-order valence-electron chi connectivity index (χ3n) is 1.99. The lowest BCUT2D eigenvalue weighted by Crippen LogP contribution is -2.05. The van der Waals surface area contributed by atoms with Crippen molar-refractivity contribution in [2.75, 3.05) is 38.9 Å². The molecule has 0 fully saturated rings. The van der Waals surface area contributed by atoms with Crippen LogP contribution in [0.4, 0.5) is 0 Å². The number of esters is 3. The molecule has 0 radical (unpaired) electrons. The second-order valence-electron chi connectivity index (χ2n) is 6.87. The largest absolute Gasteiger partial charge is 0.481 e. The molecule has 0 bridgehead atoms. The summed E-state index contributed by atoms with van der Waals surface area (Å²) in [4.78, 5) is 48.2. The zero-order chi connectivity index (χ0) is 31.2. The monoisotopic (exact) mass is 562 g/mol. The van der Waals surface area contributed by atoms with Gasteiger partial charge in [-0.1, -0.05) is 20.8 Å². The topological polar surface area (TPSA) is 174 Å². The first-order valence-corrected chi connectivity index (χ1v) is 13.4. The second-order valence-corrected chi connectivity index (χ2v) is 7.69. The van der Waals surface area contributed by atoms with Gasteiger partial charge in [-0.25, -0.2) is 0 Å². The van der Waals surface area contributed by atoms with Gasteiger partial charge in [0.1, 0.15) is 6.29 Å². The van der Waals surface area contributed by atoms with E-state index in [2.05, 4.69) is 14.2 Å². The van der Waals surface area contributed by atoms with Gasteiger partial charge in [0.2, 0.25) is 0 Å². The van der Waals surface area contributed by atoms with Crippen LogP contribution in [-0.2, 0) is 38.2 Å². The average Bonchev–Trinajstić information content (AvgIpc) is 2.74. The molecular weight excluding hydrogens is 508 g/mol. The standard InChI is InChI=1S/2C6H12O2.C4H8O2.C3H8O2.C2H4O2.C2H4O.C2H6S/c1-5(2)4-8-6(3)7;1-3-5-6(7)8-4-2;1-3-6-4(2)5;1-3(5)2-4;1-2(3)4;1-2-3;1-3-2/h5H,4H2,1-3H3;3-5H2,1-2H3;3H2,1-2H3;3-5H,2H2,1H3;1H3,(H,3,4);2H,1H3;1-2H3. The van der Waals surface area contributed by atoms with Crippen LogP contribution in [0.5, 0.6) is 0 Å². The molecule has 12 heteroatoms. The fraction of sp³-hybridized carbons (Fsp3) is 0.800. The number of carboxylic acid groups (broad SMARTS) is 1. The molecular formula is C25H54O11S. The van der Waals surface area contributed by atoms with E-state index < -0.39 is 12.1 Å². The minimum atomic E-state index is -0.833. The van der Waals surface area contributed by atoms with E-state index in [9.17, 15) is 14.4 Å². The quantitative estimate of drug-likeness (QED) is 0.233. The molecule has 0 rings (SSSR count). The summed E-state index contributed by atoms with van der Waals surface area (Å²) in [6.07, 6.45) is 5.70. The molecule has 226 valence electrons. The number of aliphatic hydroxyl groups excluding tert-OH is 2. The number of thioether (sulfide) groups is 1. The number of aliphatic carboxylic acids is 1. The van der Waals surface area contributed by atoms with E-state index in [1.807, 2.05) is 40.2 Å². The molecule has 11 nitrogen and oxygen atoms in total. The van der Waals surface area contributed by atoms with Crippen LogP contribution in [0.15, 0.2) is 0 Å². The lowest BCUT2D eigenvalue weighted by molar-refractivity contribution is -0.143. The van der Waals surface area contributed by atoms with Gasteiger partial charge in [0.15, 0.2) is 0 Å². The third kappa shape index (κ3) is 179. The number of rotatable bonds is 7. The maximum atomic E-state index is 10.4. The van der Waals surface area contributed by atoms with Crippen molar-refractivity contribution in [3.05, 3.63) is 0 Å². The van der Waals surface area contributed by atoms with Crippen LogP contribution in [0.3, 0.4) is 0 Å². The van der Waals surface area contributed by atoms with Gasteiger partial charge >= 0.3 is 17.9 Å². The summed E-state index contributed by atoms with van der Waals surface area (Å²) in [5, 5.41) is 23.4. The summed E-state index contributed by atoms with van der Waals surface area (Å²) >= 11 is 1.75. The number of carbonyl (C=O) groups excluding carboxylic acids is 4. The molecule has 0 aromatic heterocycles. The highest BCUT2D eigenvalue weighted by molar-refractivity contribution is 7.97. The van der Waals surface area contributed by atoms with Crippen molar-refractivity contribution in [1.29, 1.82) is 0 Å². The zero-order valence-electron chi connectivity index (χ0n) is 25.0. The Balaban J connectivity index is -0.0000000587. The lowest BCUT2D eigenvalue weighted by atomic mass is 10.2. The maximum absolute atomic E-state index is 10.4. The minimum Gasteiger partial charge on any atom is -0.481 e. The number of carboxylic acids is 1. The van der Waals surface area contributed by atoms with E-state index in [0.29, 0.717) is 32.2 Å². The van der Waals surface area contributed by atoms with Gasteiger partial charge < -0.3 is 34.3 Å². The highest BCUT2D eigenvalue weighted by Gasteiger charge is 1.95. The first-order chi connectivity index (χ1) is 17.0. The Morgan fingerprint density at radius 1 is 0.865 bits per heavy atom. The fourth-order valence-corrected chi connectivity index (χ4v) is 0.925. The molecule has 0 aromatic carbocycles. The van der Waals surface area contributed by atoms with Crippen molar-refractivity contribution in [3.63, 3.8) is 0 Å². The Hall–Kier alpha value is -2.18. The minimum absolute atomic E-state index is 0.0880. The van der Waals surface area contributed by atoms with E-state index in [1.54, 1.807) is 18.7 Å². The Labute approximate surface area is 228 Å². The SMILES string of the molecule is CC(=O)O.CC(=O)OCC(C)C.CC(O)CO.CC=O.CCCC(=O)OCC.CCOC(C)=O.CSC. The van der Waals surface area contributed by atoms with Crippen LogP contribution < -0.4 is 0 Å². The van der Waals surface area contributed by atoms with Crippen LogP contribution in [-0.4, -0.2) is 90.5 Å². The molecule has 3 N–H and O–H groups in total. The summed E-state index contributed by atoms with van der Waals surface area (Å²) in [7, 11) is 0. The van der Waals surface area contributed by atoms with Gasteiger partial charge in [0, 0.05) is 27.2 Å². The van der Waals surface area contributed by atoms with Crippen molar-refractivity contribution in [2.24, 2.45) is 5.92 Å².